The molecule has 0 aliphatic carbocycles. The molecule has 10 heteroatoms. The van der Waals surface area contributed by atoms with Crippen LogP contribution in [0.4, 0.5) is 0 Å². The maximum absolute atomic E-state index is 13.2. The van der Waals surface area contributed by atoms with E-state index in [2.05, 4.69) is 19.5 Å². The number of hydrogen-bond acceptors (Lipinski definition) is 7. The number of pyridine rings is 1. The number of imidazole rings is 1. The molecule has 10 nitrogen and oxygen atoms in total. The second-order valence-electron chi connectivity index (χ2n) is 8.44. The molecule has 0 bridgehead atoms. The number of benzene rings is 2. The van der Waals surface area contributed by atoms with Gasteiger partial charge in [-0.3, -0.25) is 9.78 Å². The Morgan fingerprint density at radius 2 is 1.86 bits per heavy atom. The van der Waals surface area contributed by atoms with E-state index >= 15 is 0 Å². The maximum Gasteiger partial charge on any atom is 0.329 e. The minimum Gasteiger partial charge on any atom is -0.341 e. The zero-order valence-corrected chi connectivity index (χ0v) is 19.3. The van der Waals surface area contributed by atoms with Gasteiger partial charge in [-0.2, -0.15) is 4.73 Å². The van der Waals surface area contributed by atoms with Crippen molar-refractivity contribution >= 4 is 38.9 Å². The number of para-hydroxylation sites is 1. The molecule has 0 saturated carbocycles. The molecule has 0 atom stereocenters. The number of rotatable bonds is 5. The van der Waals surface area contributed by atoms with Crippen LogP contribution in [0.2, 0.25) is 0 Å². The molecule has 178 valence electrons. The van der Waals surface area contributed by atoms with Gasteiger partial charge in [-0.1, -0.05) is 24.3 Å². The van der Waals surface area contributed by atoms with Crippen LogP contribution in [0.15, 0.2) is 71.9 Å². The molecule has 0 spiro atoms. The number of H-pyrrole nitrogens is 1. The Hall–Kier alpha value is -4.83. The quantitative estimate of drug-likeness (QED) is 0.388. The first-order chi connectivity index (χ1) is 17.5. The molecule has 0 saturated heterocycles. The predicted octanol–water partition coefficient (Wildman–Crippen LogP) is 2.77. The van der Waals surface area contributed by atoms with E-state index in [4.69, 9.17) is 15.6 Å². The summed E-state index contributed by atoms with van der Waals surface area (Å²) in [6.07, 6.45) is 3.33. The van der Waals surface area contributed by atoms with Crippen LogP contribution >= 0.6 is 0 Å². The number of carbonyl (C=O) groups excluding carboxylic acids is 1. The van der Waals surface area contributed by atoms with Gasteiger partial charge in [0.2, 0.25) is 0 Å². The van der Waals surface area contributed by atoms with E-state index in [0.29, 0.717) is 46.4 Å². The van der Waals surface area contributed by atoms with Crippen molar-refractivity contribution in [1.29, 1.82) is 0 Å². The Balaban J connectivity index is 1.50. The minimum atomic E-state index is -0.469. The number of carbonyl (C=O) groups is 1. The lowest BCUT2D eigenvalue weighted by Crippen LogP contribution is -2.15. The molecule has 2 aromatic carbocycles. The van der Waals surface area contributed by atoms with Crippen molar-refractivity contribution < 1.29 is 9.63 Å². The summed E-state index contributed by atoms with van der Waals surface area (Å²) >= 11 is 0. The highest BCUT2D eigenvalue weighted by atomic mass is 16.7. The first kappa shape index (κ1) is 21.7. The number of nitrogens with zero attached hydrogens (tertiary/aromatic N) is 5. The zero-order valence-electron chi connectivity index (χ0n) is 19.3. The first-order valence-electron chi connectivity index (χ1n) is 11.3. The fourth-order valence-electron chi connectivity index (χ4n) is 4.43. The molecule has 0 aliphatic rings. The number of nitrogens with one attached hydrogen (secondary N) is 1. The molecule has 36 heavy (non-hydrogen) atoms. The van der Waals surface area contributed by atoms with Crippen LogP contribution in [0.5, 0.6) is 0 Å². The first-order valence-corrected chi connectivity index (χ1v) is 11.3. The van der Waals surface area contributed by atoms with Gasteiger partial charge in [0.25, 0.3) is 5.56 Å². The van der Waals surface area contributed by atoms with E-state index < -0.39 is 5.97 Å². The lowest BCUT2D eigenvalue weighted by atomic mass is 10.1. The van der Waals surface area contributed by atoms with Gasteiger partial charge in [-0.15, -0.1) is 0 Å². The molecule has 6 rings (SSSR count). The van der Waals surface area contributed by atoms with Crippen molar-refractivity contribution in [3.63, 3.8) is 0 Å². The van der Waals surface area contributed by atoms with Gasteiger partial charge >= 0.3 is 5.97 Å². The van der Waals surface area contributed by atoms with Gasteiger partial charge in [-0.05, 0) is 30.3 Å². The van der Waals surface area contributed by atoms with Crippen LogP contribution in [0, 0.1) is 0 Å². The summed E-state index contributed by atoms with van der Waals surface area (Å²) < 4.78 is 3.34. The fraction of sp³-hybridized carbons (Fsp3) is 0.115. The summed E-state index contributed by atoms with van der Waals surface area (Å²) in [7, 11) is 0. The maximum atomic E-state index is 13.2. The topological polar surface area (TPSA) is 134 Å². The second-order valence-corrected chi connectivity index (χ2v) is 8.44. The van der Waals surface area contributed by atoms with Crippen LogP contribution in [-0.4, -0.2) is 35.2 Å². The van der Waals surface area contributed by atoms with Gasteiger partial charge in [0.05, 0.1) is 34.5 Å². The lowest BCUT2D eigenvalue weighted by Gasteiger charge is -2.06. The van der Waals surface area contributed by atoms with E-state index in [0.717, 1.165) is 22.3 Å². The summed E-state index contributed by atoms with van der Waals surface area (Å²) in [5.74, 6) is -0.469. The summed E-state index contributed by atoms with van der Waals surface area (Å²) in [6.45, 7) is 2.20. The molecule has 0 aliphatic heterocycles. The van der Waals surface area contributed by atoms with E-state index in [-0.39, 0.29) is 5.56 Å². The van der Waals surface area contributed by atoms with Crippen molar-refractivity contribution in [3.05, 3.63) is 88.9 Å². The highest BCUT2D eigenvalue weighted by Crippen LogP contribution is 2.29. The van der Waals surface area contributed by atoms with Gasteiger partial charge in [0.1, 0.15) is 17.5 Å². The number of aromatic amines is 1. The molecular formula is C26H21N7O3. The molecule has 0 radical (unpaired) electrons. The average Bonchev–Trinajstić information content (AvgIpc) is 3.43. The van der Waals surface area contributed by atoms with Crippen LogP contribution in [0.1, 0.15) is 18.3 Å². The van der Waals surface area contributed by atoms with Crippen LogP contribution in [0.25, 0.3) is 44.2 Å². The Bertz CT molecular complexity index is 1850. The van der Waals surface area contributed by atoms with Gasteiger partial charge in [0.15, 0.2) is 0 Å². The Morgan fingerprint density at radius 3 is 2.69 bits per heavy atom. The lowest BCUT2D eigenvalue weighted by molar-refractivity contribution is -0.141. The Kier molecular flexibility index (Phi) is 5.08. The second kappa shape index (κ2) is 8.43. The molecular weight excluding hydrogens is 458 g/mol. The van der Waals surface area contributed by atoms with Crippen LogP contribution < -0.4 is 16.1 Å². The van der Waals surface area contributed by atoms with E-state index in [1.807, 2.05) is 48.7 Å². The highest BCUT2D eigenvalue weighted by molar-refractivity contribution is 5.97. The largest absolute Gasteiger partial charge is 0.341 e. The number of nitrogens with two attached hydrogens (primary N) is 1. The van der Waals surface area contributed by atoms with E-state index in [9.17, 15) is 9.59 Å². The van der Waals surface area contributed by atoms with Crippen LogP contribution in [-0.2, 0) is 17.9 Å². The molecule has 0 unspecified atom stereocenters. The number of fused-ring (bicyclic) bond motifs is 3. The van der Waals surface area contributed by atoms with Crippen LogP contribution in [0.3, 0.4) is 0 Å². The SMILES string of the molecule is CC(=O)On1cnc2cc3[nH]c(=O)c(-c4cn(Cc5cccc(CN)n5)c5ccccc45)nc3cc21. The summed E-state index contributed by atoms with van der Waals surface area (Å²) in [5, 5.41) is 0.899. The Morgan fingerprint density at radius 1 is 1.03 bits per heavy atom. The normalized spacial score (nSPS) is 11.5. The Labute approximate surface area is 203 Å². The predicted molar refractivity (Wildman–Crippen MR) is 135 cm³/mol. The third-order valence-electron chi connectivity index (χ3n) is 6.00. The van der Waals surface area contributed by atoms with Crippen molar-refractivity contribution in [2.24, 2.45) is 5.73 Å². The van der Waals surface area contributed by atoms with E-state index in [1.165, 1.54) is 18.0 Å². The van der Waals surface area contributed by atoms with Crippen molar-refractivity contribution in [3.8, 4) is 11.3 Å². The van der Waals surface area contributed by atoms with Crippen molar-refractivity contribution in [2.45, 2.75) is 20.0 Å². The third kappa shape index (κ3) is 3.69. The third-order valence-corrected chi connectivity index (χ3v) is 6.00. The monoisotopic (exact) mass is 479 g/mol. The average molecular weight is 480 g/mol. The molecule has 0 fully saturated rings. The van der Waals surface area contributed by atoms with E-state index in [1.54, 1.807) is 12.1 Å². The standard InChI is InChI=1S/C26H21N7O3/c1-15(34)36-33-14-28-22-9-20-21(10-24(22)33)30-25(26(35)31-20)19-13-32(23-8-3-2-7-18(19)23)12-17-6-4-5-16(11-27)29-17/h2-10,13-14H,11-12,27H2,1H3,(H,31,35). The van der Waals surface area contributed by atoms with Gasteiger partial charge in [0, 0.05) is 36.1 Å². The molecule has 3 N–H and O–H groups in total. The number of hydrogen-bond donors (Lipinski definition) is 2. The summed E-state index contributed by atoms with van der Waals surface area (Å²) in [4.78, 5) is 46.3. The summed E-state index contributed by atoms with van der Waals surface area (Å²) in [5.41, 5.74) is 11.3. The molecule has 4 aromatic heterocycles. The van der Waals surface area contributed by atoms with Crippen molar-refractivity contribution in [1.82, 2.24) is 29.2 Å². The fourth-order valence-corrected chi connectivity index (χ4v) is 4.43. The molecule has 4 heterocycles. The zero-order chi connectivity index (χ0) is 24.8. The molecule has 0 amide bonds. The minimum absolute atomic E-state index is 0.291. The van der Waals surface area contributed by atoms with Crippen molar-refractivity contribution in [2.75, 3.05) is 0 Å². The highest BCUT2D eigenvalue weighted by Gasteiger charge is 2.17. The van der Waals surface area contributed by atoms with Gasteiger partial charge < -0.3 is 20.1 Å². The van der Waals surface area contributed by atoms with Gasteiger partial charge in [-0.25, -0.2) is 14.8 Å². The molecule has 6 aromatic rings. The smallest absolute Gasteiger partial charge is 0.329 e. The summed E-state index contributed by atoms with van der Waals surface area (Å²) in [6, 6.07) is 17.1. The number of aromatic nitrogens is 6.